The van der Waals surface area contributed by atoms with Gasteiger partial charge in [0.15, 0.2) is 0 Å². The van der Waals surface area contributed by atoms with Crippen LogP contribution in [0.15, 0.2) is 71.4 Å². The van der Waals surface area contributed by atoms with E-state index in [4.69, 9.17) is 18.9 Å². The Kier molecular flexibility index (Phi) is 12.7. The van der Waals surface area contributed by atoms with E-state index in [0.717, 1.165) is 61.9 Å². The van der Waals surface area contributed by atoms with E-state index in [1.165, 1.54) is 59.4 Å². The van der Waals surface area contributed by atoms with Gasteiger partial charge in [-0.15, -0.1) is 22.7 Å². The lowest BCUT2D eigenvalue weighted by Crippen LogP contribution is -1.97. The first-order valence-electron chi connectivity index (χ1n) is 14.4. The van der Waals surface area contributed by atoms with Crippen molar-refractivity contribution in [3.63, 3.8) is 0 Å². The molecular formula is C34H42O4S2. The van der Waals surface area contributed by atoms with Crippen LogP contribution in [0.2, 0.25) is 0 Å². The van der Waals surface area contributed by atoms with E-state index < -0.39 is 0 Å². The summed E-state index contributed by atoms with van der Waals surface area (Å²) in [5.41, 5.74) is 2.98. The Balaban J connectivity index is 1.06. The van der Waals surface area contributed by atoms with Gasteiger partial charge in [0.25, 0.3) is 0 Å². The highest BCUT2D eigenvalue weighted by atomic mass is 32.1. The predicted octanol–water partition coefficient (Wildman–Crippen LogP) is 9.86. The van der Waals surface area contributed by atoms with Gasteiger partial charge in [0.1, 0.15) is 23.0 Å². The molecule has 0 amide bonds. The number of hydrogen-bond acceptors (Lipinski definition) is 6. The molecule has 0 fully saturated rings. The predicted molar refractivity (Wildman–Crippen MR) is 169 cm³/mol. The molecule has 0 unspecified atom stereocenters. The fourth-order valence-electron chi connectivity index (χ4n) is 4.65. The van der Waals surface area contributed by atoms with Crippen LogP contribution in [0.3, 0.4) is 0 Å². The number of unbranched alkanes of at least 4 members (excludes halogenated alkanes) is 6. The van der Waals surface area contributed by atoms with Crippen LogP contribution in [0.4, 0.5) is 0 Å². The highest BCUT2D eigenvalue weighted by molar-refractivity contribution is 7.20. The lowest BCUT2D eigenvalue weighted by Gasteiger charge is -2.07. The molecule has 0 atom stereocenters. The van der Waals surface area contributed by atoms with E-state index in [9.17, 15) is 0 Å². The molecule has 2 heterocycles. The summed E-state index contributed by atoms with van der Waals surface area (Å²) in [6, 6.07) is 20.4. The summed E-state index contributed by atoms with van der Waals surface area (Å²) in [7, 11) is 3.36. The molecule has 40 heavy (non-hydrogen) atoms. The van der Waals surface area contributed by atoms with Crippen molar-refractivity contribution < 1.29 is 18.9 Å². The molecule has 0 aliphatic carbocycles. The normalized spacial score (nSPS) is 10.9. The van der Waals surface area contributed by atoms with Gasteiger partial charge in [0, 0.05) is 9.75 Å². The summed E-state index contributed by atoms with van der Waals surface area (Å²) < 4.78 is 22.1. The highest BCUT2D eigenvalue weighted by Crippen LogP contribution is 2.35. The molecule has 0 saturated carbocycles. The van der Waals surface area contributed by atoms with E-state index in [2.05, 4.69) is 22.9 Å². The van der Waals surface area contributed by atoms with E-state index in [1.807, 2.05) is 71.2 Å². The minimum absolute atomic E-state index is 0.769. The summed E-state index contributed by atoms with van der Waals surface area (Å²) in [4.78, 5) is 2.90. The van der Waals surface area contributed by atoms with Gasteiger partial charge in [-0.2, -0.15) is 0 Å². The maximum atomic E-state index is 5.85. The first-order valence-corrected chi connectivity index (χ1v) is 16.2. The van der Waals surface area contributed by atoms with Gasteiger partial charge in [-0.1, -0.05) is 25.7 Å². The minimum Gasteiger partial charge on any atom is -0.497 e. The third-order valence-corrected chi connectivity index (χ3v) is 9.10. The Hall–Kier alpha value is -2.96. The van der Waals surface area contributed by atoms with Crippen LogP contribution >= 0.6 is 22.7 Å². The Morgan fingerprint density at radius 3 is 1.65 bits per heavy atom. The van der Waals surface area contributed by atoms with Crippen molar-refractivity contribution in [2.75, 3.05) is 27.4 Å². The molecular weight excluding hydrogens is 537 g/mol. The van der Waals surface area contributed by atoms with Crippen LogP contribution in [0.25, 0.3) is 9.75 Å². The largest absolute Gasteiger partial charge is 0.497 e. The number of rotatable bonds is 19. The molecule has 0 aliphatic rings. The fraction of sp³-hybridized carbons (Fsp3) is 0.412. The third kappa shape index (κ3) is 9.90. The standard InChI is InChI=1S/C34H42O4S2/c1-35-29-13-17-31(18-14-29)37-22-9-5-3-7-11-27-25-33(40-26-27)34-28(21-24-39-34)12-8-4-6-10-23-38-32-19-15-30(36-2)16-20-32/h13-21,24-26H,3-12,22-23H2,1-2H3. The molecule has 0 radical (unpaired) electrons. The number of aryl methyl sites for hydroxylation is 2. The number of ether oxygens (including phenoxy) is 4. The van der Waals surface area contributed by atoms with Gasteiger partial charge in [0.2, 0.25) is 0 Å². The molecule has 2 aromatic carbocycles. The fourth-order valence-corrected chi connectivity index (χ4v) is 6.73. The second kappa shape index (κ2) is 17.0. The Morgan fingerprint density at radius 1 is 0.550 bits per heavy atom. The molecule has 214 valence electrons. The minimum atomic E-state index is 0.769. The second-order valence-corrected chi connectivity index (χ2v) is 11.8. The maximum absolute atomic E-state index is 5.85. The molecule has 4 nitrogen and oxygen atoms in total. The summed E-state index contributed by atoms with van der Waals surface area (Å²) >= 11 is 3.79. The average molecular weight is 579 g/mol. The van der Waals surface area contributed by atoms with Crippen LogP contribution in [0.5, 0.6) is 23.0 Å². The monoisotopic (exact) mass is 578 g/mol. The molecule has 4 rings (SSSR count). The number of thiophene rings is 2. The summed E-state index contributed by atoms with van der Waals surface area (Å²) in [6.45, 7) is 1.54. The van der Waals surface area contributed by atoms with Crippen molar-refractivity contribution in [2.24, 2.45) is 0 Å². The maximum Gasteiger partial charge on any atom is 0.119 e. The Bertz CT molecular complexity index is 1230. The SMILES string of the molecule is COc1ccc(OCCCCCCc2csc(-c3sccc3CCCCCCOc3ccc(OC)cc3)c2)cc1. The quantitative estimate of drug-likeness (QED) is 0.104. The van der Waals surface area contributed by atoms with Crippen LogP contribution in [-0.4, -0.2) is 27.4 Å². The Morgan fingerprint density at radius 2 is 1.07 bits per heavy atom. The molecule has 2 aromatic heterocycles. The van der Waals surface area contributed by atoms with Crippen molar-refractivity contribution in [1.82, 2.24) is 0 Å². The van der Waals surface area contributed by atoms with E-state index >= 15 is 0 Å². The zero-order valence-corrected chi connectivity index (χ0v) is 25.5. The van der Waals surface area contributed by atoms with Gasteiger partial charge in [-0.25, -0.2) is 0 Å². The number of hydrogen-bond donors (Lipinski definition) is 0. The van der Waals surface area contributed by atoms with Crippen molar-refractivity contribution in [2.45, 2.75) is 64.2 Å². The van der Waals surface area contributed by atoms with Gasteiger partial charge in [-0.05, 0) is 121 Å². The van der Waals surface area contributed by atoms with Gasteiger partial charge in [0.05, 0.1) is 27.4 Å². The Labute approximate surface area is 247 Å². The zero-order chi connectivity index (χ0) is 27.8. The van der Waals surface area contributed by atoms with Crippen molar-refractivity contribution in [3.8, 4) is 32.8 Å². The lowest BCUT2D eigenvalue weighted by atomic mass is 10.1. The molecule has 0 spiro atoms. The van der Waals surface area contributed by atoms with Crippen LogP contribution in [0.1, 0.15) is 62.5 Å². The van der Waals surface area contributed by atoms with Gasteiger partial charge in [-0.3, -0.25) is 0 Å². The zero-order valence-electron chi connectivity index (χ0n) is 23.9. The second-order valence-electron chi connectivity index (χ2n) is 9.97. The molecule has 6 heteroatoms. The van der Waals surface area contributed by atoms with Crippen LogP contribution in [-0.2, 0) is 12.8 Å². The van der Waals surface area contributed by atoms with Crippen LogP contribution in [0, 0.1) is 0 Å². The molecule has 0 bridgehead atoms. The van der Waals surface area contributed by atoms with E-state index in [-0.39, 0.29) is 0 Å². The van der Waals surface area contributed by atoms with E-state index in [1.54, 1.807) is 14.2 Å². The molecule has 0 aliphatic heterocycles. The molecule has 4 aromatic rings. The van der Waals surface area contributed by atoms with E-state index in [0.29, 0.717) is 0 Å². The number of benzene rings is 2. The molecule has 0 saturated heterocycles. The number of methoxy groups -OCH3 is 2. The summed E-state index contributed by atoms with van der Waals surface area (Å²) in [5, 5.41) is 4.61. The van der Waals surface area contributed by atoms with Gasteiger partial charge >= 0.3 is 0 Å². The highest BCUT2D eigenvalue weighted by Gasteiger charge is 2.10. The van der Waals surface area contributed by atoms with Crippen molar-refractivity contribution in [3.05, 3.63) is 82.6 Å². The average Bonchev–Trinajstić information content (AvgIpc) is 3.66. The van der Waals surface area contributed by atoms with Gasteiger partial charge < -0.3 is 18.9 Å². The topological polar surface area (TPSA) is 36.9 Å². The van der Waals surface area contributed by atoms with Crippen molar-refractivity contribution >= 4 is 22.7 Å². The first-order chi connectivity index (χ1) is 19.7. The lowest BCUT2D eigenvalue weighted by molar-refractivity contribution is 0.304. The smallest absolute Gasteiger partial charge is 0.119 e. The summed E-state index contributed by atoms with van der Waals surface area (Å²) in [5.74, 6) is 3.54. The van der Waals surface area contributed by atoms with Crippen molar-refractivity contribution in [1.29, 1.82) is 0 Å². The summed E-state index contributed by atoms with van der Waals surface area (Å²) in [6.07, 6.45) is 11.8. The first kappa shape index (κ1) is 30.0. The molecule has 0 N–H and O–H groups in total. The van der Waals surface area contributed by atoms with Crippen LogP contribution < -0.4 is 18.9 Å². The third-order valence-electron chi connectivity index (χ3n) is 6.98.